The summed E-state index contributed by atoms with van der Waals surface area (Å²) in [6.07, 6.45) is -3.15. The van der Waals surface area contributed by atoms with Gasteiger partial charge in [-0.25, -0.2) is 19.6 Å². The third kappa shape index (κ3) is 19.3. The van der Waals surface area contributed by atoms with Gasteiger partial charge in [0.15, 0.2) is 16.9 Å². The molecule has 6 N–H and O–H groups in total. The Hall–Kier alpha value is -7.21. The zero-order valence-electron chi connectivity index (χ0n) is 38.0. The number of Topliss-reactive ketones (excluding diaryl/α,β-unsaturated/α-hetero) is 2. The standard InChI is InChI=1S/C42H55F3N12O11/c1-41(2,3)68-40(65)48-19-6-5-10-29(52-32(60)18-20-50-56-47)31(59)11-8-22-67-21-7-9-28(58)16-17-30(37(63)66-4)53-35(61)25-12-14-27(15-13-25)57(38(64)42(43,44)45)24-26-23-49-34-33(51-26)36(62)55-39(46)54-34/h12-15,23,29-30H,5-11,16-22,24H2,1-4H3,(H,48,65)(H,52,60)(H,53,61)(H3,46,49,54,55,62)/t29-,30-/m0/s1. The first kappa shape index (κ1) is 55.1. The van der Waals surface area contributed by atoms with Crippen LogP contribution in [0, 0.1) is 0 Å². The van der Waals surface area contributed by atoms with Crippen LogP contribution in [-0.2, 0) is 44.7 Å². The van der Waals surface area contributed by atoms with E-state index >= 15 is 0 Å². The largest absolute Gasteiger partial charge is 0.471 e. The lowest BCUT2D eigenvalue weighted by atomic mass is 10.0. The quantitative estimate of drug-likeness (QED) is 0.0237. The fourth-order valence-corrected chi connectivity index (χ4v) is 6.25. The number of hydrogen-bond acceptors (Lipinski definition) is 16. The summed E-state index contributed by atoms with van der Waals surface area (Å²) < 4.78 is 56.6. The number of fused-ring (bicyclic) bond motifs is 1. The molecule has 26 heteroatoms. The number of hydrogen-bond donors (Lipinski definition) is 5. The molecule has 2 heterocycles. The minimum Gasteiger partial charge on any atom is -0.467 e. The number of alkyl carbamates (subject to hydrolysis) is 1. The Bertz CT molecular complexity index is 2350. The SMILES string of the molecule is COC(=O)[C@H](CCC(=O)CCCOCCCC(=O)[C@H](CCCCNC(=O)OC(C)(C)C)NC(=O)CCN=[N+]=[N-])NC(=O)c1ccc(N(Cc2cnc3nc(N)[nH]c(=O)c3n2)C(=O)C(F)(F)F)cc1. The summed E-state index contributed by atoms with van der Waals surface area (Å²) in [7, 11) is 1.08. The van der Waals surface area contributed by atoms with Crippen LogP contribution in [-0.4, -0.2) is 119 Å². The number of H-pyrrole nitrogens is 1. The number of carbonyl (C=O) groups is 7. The van der Waals surface area contributed by atoms with Crippen LogP contribution in [0.5, 0.6) is 0 Å². The highest BCUT2D eigenvalue weighted by Crippen LogP contribution is 2.26. The smallest absolute Gasteiger partial charge is 0.467 e. The van der Waals surface area contributed by atoms with Crippen LogP contribution in [0.3, 0.4) is 0 Å². The number of alkyl halides is 3. The molecule has 2 atom stereocenters. The minimum absolute atomic E-state index is 0.0644. The number of nitrogen functional groups attached to an aromatic ring is 1. The van der Waals surface area contributed by atoms with Gasteiger partial charge in [-0.3, -0.25) is 38.7 Å². The van der Waals surface area contributed by atoms with E-state index in [-0.39, 0.29) is 97.5 Å². The van der Waals surface area contributed by atoms with E-state index in [0.29, 0.717) is 43.5 Å². The molecule has 370 valence electrons. The van der Waals surface area contributed by atoms with Gasteiger partial charge in [-0.15, -0.1) is 0 Å². The second-order valence-electron chi connectivity index (χ2n) is 16.1. The van der Waals surface area contributed by atoms with Crippen molar-refractivity contribution in [2.24, 2.45) is 5.11 Å². The highest BCUT2D eigenvalue weighted by Gasteiger charge is 2.43. The van der Waals surface area contributed by atoms with Gasteiger partial charge >= 0.3 is 24.1 Å². The maximum atomic E-state index is 13.7. The summed E-state index contributed by atoms with van der Waals surface area (Å²) in [6.45, 7) is 5.02. The molecule has 0 aliphatic carbocycles. The number of amides is 4. The number of benzene rings is 1. The molecule has 0 saturated carbocycles. The maximum absolute atomic E-state index is 13.7. The number of azide groups is 1. The number of ether oxygens (including phenoxy) is 3. The summed E-state index contributed by atoms with van der Waals surface area (Å²) >= 11 is 0. The Morgan fingerprint density at radius 1 is 0.912 bits per heavy atom. The lowest BCUT2D eigenvalue weighted by Gasteiger charge is -2.24. The Kier molecular flexibility index (Phi) is 21.7. The number of esters is 1. The van der Waals surface area contributed by atoms with E-state index in [1.54, 1.807) is 20.8 Å². The first-order valence-corrected chi connectivity index (χ1v) is 21.4. The molecule has 0 spiro atoms. The highest BCUT2D eigenvalue weighted by atomic mass is 19.4. The molecular formula is C42H55F3N12O11. The Morgan fingerprint density at radius 2 is 1.60 bits per heavy atom. The van der Waals surface area contributed by atoms with Crippen molar-refractivity contribution in [1.82, 2.24) is 35.9 Å². The van der Waals surface area contributed by atoms with Crippen molar-refractivity contribution in [2.45, 2.75) is 115 Å². The predicted octanol–water partition coefficient (Wildman–Crippen LogP) is 4.04. The maximum Gasteiger partial charge on any atom is 0.471 e. The topological polar surface area (TPSA) is 333 Å². The van der Waals surface area contributed by atoms with Crippen LogP contribution in [0.1, 0.15) is 101 Å². The number of anilines is 2. The van der Waals surface area contributed by atoms with Crippen molar-refractivity contribution in [3.63, 3.8) is 0 Å². The fraction of sp³-hybridized carbons (Fsp3) is 0.548. The number of nitrogens with one attached hydrogen (secondary N) is 4. The third-order valence-electron chi connectivity index (χ3n) is 9.51. The fourth-order valence-electron chi connectivity index (χ4n) is 6.25. The van der Waals surface area contributed by atoms with Crippen LogP contribution in [0.15, 0.2) is 40.4 Å². The number of carbonyl (C=O) groups excluding carboxylic acids is 7. The second-order valence-corrected chi connectivity index (χ2v) is 16.1. The summed E-state index contributed by atoms with van der Waals surface area (Å²) in [5.41, 5.74) is 11.4. The molecule has 0 aliphatic rings. The van der Waals surface area contributed by atoms with Crippen molar-refractivity contribution in [1.29, 1.82) is 0 Å². The first-order valence-electron chi connectivity index (χ1n) is 21.4. The van der Waals surface area contributed by atoms with Crippen molar-refractivity contribution < 1.29 is 60.9 Å². The van der Waals surface area contributed by atoms with E-state index < -0.39 is 65.7 Å². The summed E-state index contributed by atoms with van der Waals surface area (Å²) in [4.78, 5) is 117. The molecule has 0 radical (unpaired) electrons. The van der Waals surface area contributed by atoms with Gasteiger partial charge in [0.2, 0.25) is 11.9 Å². The van der Waals surface area contributed by atoms with E-state index in [0.717, 1.165) is 37.6 Å². The Balaban J connectivity index is 1.47. The monoisotopic (exact) mass is 960 g/mol. The minimum atomic E-state index is -5.33. The van der Waals surface area contributed by atoms with Crippen LogP contribution < -0.4 is 32.1 Å². The average molecular weight is 961 g/mol. The number of nitrogens with two attached hydrogens (primary N) is 1. The van der Waals surface area contributed by atoms with Gasteiger partial charge in [0.25, 0.3) is 11.5 Å². The number of unbranched alkanes of at least 4 members (excludes halogenated alkanes) is 1. The number of aromatic nitrogens is 4. The normalized spacial score (nSPS) is 12.2. The number of nitrogens with zero attached hydrogens (tertiary/aromatic N) is 7. The van der Waals surface area contributed by atoms with Crippen molar-refractivity contribution in [3.8, 4) is 0 Å². The number of halogens is 3. The zero-order chi connectivity index (χ0) is 50.4. The second kappa shape index (κ2) is 26.8. The van der Waals surface area contributed by atoms with Crippen molar-refractivity contribution in [2.75, 3.05) is 44.0 Å². The molecule has 1 aromatic carbocycles. The first-order chi connectivity index (χ1) is 32.1. The van der Waals surface area contributed by atoms with E-state index in [1.807, 2.05) is 0 Å². The van der Waals surface area contributed by atoms with Gasteiger partial charge in [0.1, 0.15) is 17.4 Å². The van der Waals surface area contributed by atoms with E-state index in [9.17, 15) is 51.5 Å². The van der Waals surface area contributed by atoms with Gasteiger partial charge in [-0.2, -0.15) is 18.2 Å². The summed E-state index contributed by atoms with van der Waals surface area (Å²) in [5, 5.41) is 11.1. The number of aromatic amines is 1. The van der Waals surface area contributed by atoms with Crippen LogP contribution in [0.4, 0.5) is 29.6 Å². The van der Waals surface area contributed by atoms with Crippen molar-refractivity contribution >= 4 is 64.2 Å². The van der Waals surface area contributed by atoms with Crippen LogP contribution >= 0.6 is 0 Å². The molecule has 0 bridgehead atoms. The van der Waals surface area contributed by atoms with Crippen LogP contribution in [0.25, 0.3) is 21.6 Å². The molecule has 4 amide bonds. The molecule has 0 unspecified atom stereocenters. The van der Waals surface area contributed by atoms with Gasteiger partial charge in [-0.05, 0) is 89.1 Å². The van der Waals surface area contributed by atoms with Crippen molar-refractivity contribution in [3.05, 3.63) is 62.5 Å². The van der Waals surface area contributed by atoms with Crippen LogP contribution in [0.2, 0.25) is 0 Å². The summed E-state index contributed by atoms with van der Waals surface area (Å²) in [6, 6.07) is 2.27. The Labute approximate surface area is 387 Å². The molecule has 3 rings (SSSR count). The van der Waals surface area contributed by atoms with Gasteiger partial charge in [-0.1, -0.05) is 5.11 Å². The van der Waals surface area contributed by atoms with E-state index in [1.165, 1.54) is 0 Å². The molecule has 68 heavy (non-hydrogen) atoms. The zero-order valence-corrected chi connectivity index (χ0v) is 38.0. The molecule has 0 fully saturated rings. The highest BCUT2D eigenvalue weighted by molar-refractivity contribution is 5.99. The molecule has 3 aromatic rings. The molecule has 2 aromatic heterocycles. The van der Waals surface area contributed by atoms with Gasteiger partial charge < -0.3 is 35.9 Å². The van der Waals surface area contributed by atoms with E-state index in [2.05, 4.69) is 45.9 Å². The average Bonchev–Trinajstić information content (AvgIpc) is 3.27. The molecule has 0 aliphatic heterocycles. The lowest BCUT2D eigenvalue weighted by molar-refractivity contribution is -0.170. The molecular weight excluding hydrogens is 906 g/mol. The van der Waals surface area contributed by atoms with E-state index in [4.69, 9.17) is 25.5 Å². The Morgan fingerprint density at radius 3 is 2.25 bits per heavy atom. The number of ketones is 2. The molecule has 0 saturated heterocycles. The predicted molar refractivity (Wildman–Crippen MR) is 237 cm³/mol. The third-order valence-corrected chi connectivity index (χ3v) is 9.51. The van der Waals surface area contributed by atoms with Gasteiger partial charge in [0.05, 0.1) is 31.6 Å². The van der Waals surface area contributed by atoms with Gasteiger partial charge in [0, 0.05) is 68.1 Å². The lowest BCUT2D eigenvalue weighted by Crippen LogP contribution is -2.42. The number of methoxy groups -OCH3 is 1. The molecule has 23 nitrogen and oxygen atoms in total. The number of rotatable bonds is 27. The summed E-state index contributed by atoms with van der Waals surface area (Å²) in [5.74, 6) is -5.18.